The fourth-order valence-corrected chi connectivity index (χ4v) is 2.94. The third kappa shape index (κ3) is 5.37. The molecule has 0 bridgehead atoms. The summed E-state index contributed by atoms with van der Waals surface area (Å²) >= 11 is 1.78. The van der Waals surface area contributed by atoms with Gasteiger partial charge in [0.15, 0.2) is 0 Å². The van der Waals surface area contributed by atoms with E-state index in [0.717, 1.165) is 45.0 Å². The highest BCUT2D eigenvalue weighted by Crippen LogP contribution is 2.15. The highest BCUT2D eigenvalue weighted by Gasteiger charge is 2.19. The molecule has 5 nitrogen and oxygen atoms in total. The molecular formula is C15H25N3O2S. The number of rotatable bonds is 8. The van der Waals surface area contributed by atoms with Crippen LogP contribution in [0.15, 0.2) is 24.5 Å². The predicted molar refractivity (Wildman–Crippen MR) is 86.7 cm³/mol. The van der Waals surface area contributed by atoms with E-state index in [2.05, 4.69) is 16.5 Å². The molecule has 0 aliphatic carbocycles. The van der Waals surface area contributed by atoms with E-state index in [1.165, 1.54) is 0 Å². The maximum Gasteiger partial charge on any atom is 0.243 e. The Labute approximate surface area is 131 Å². The van der Waals surface area contributed by atoms with E-state index in [4.69, 9.17) is 4.74 Å². The number of hydrogen-bond acceptors (Lipinski definition) is 4. The summed E-state index contributed by atoms with van der Waals surface area (Å²) in [5, 5.41) is 3.08. The molecule has 1 amide bonds. The summed E-state index contributed by atoms with van der Waals surface area (Å²) in [5.41, 5.74) is 0. The fourth-order valence-electron chi connectivity index (χ4n) is 2.48. The van der Waals surface area contributed by atoms with E-state index in [-0.39, 0.29) is 11.9 Å². The van der Waals surface area contributed by atoms with Crippen LogP contribution in [0.3, 0.4) is 0 Å². The molecule has 1 fully saturated rings. The van der Waals surface area contributed by atoms with Crippen LogP contribution in [0.25, 0.3) is 0 Å². The lowest BCUT2D eigenvalue weighted by atomic mass is 10.2. The Kier molecular flexibility index (Phi) is 7.12. The van der Waals surface area contributed by atoms with E-state index < -0.39 is 0 Å². The highest BCUT2D eigenvalue weighted by molar-refractivity contribution is 7.98. The van der Waals surface area contributed by atoms with Gasteiger partial charge in [0.25, 0.3) is 0 Å². The molecule has 0 unspecified atom stereocenters. The van der Waals surface area contributed by atoms with Crippen LogP contribution in [0.4, 0.5) is 0 Å². The first-order chi connectivity index (χ1) is 10.3. The normalized spacial score (nSPS) is 17.6. The number of aromatic nitrogens is 1. The number of amides is 1. The van der Waals surface area contributed by atoms with E-state index >= 15 is 0 Å². The minimum Gasteiger partial charge on any atom is -0.379 e. The monoisotopic (exact) mass is 311 g/mol. The number of thioether (sulfide) groups is 1. The molecule has 2 rings (SSSR count). The molecule has 0 radical (unpaired) electrons. The Morgan fingerprint density at radius 1 is 1.33 bits per heavy atom. The molecule has 1 aliphatic heterocycles. The molecular weight excluding hydrogens is 286 g/mol. The van der Waals surface area contributed by atoms with Gasteiger partial charge in [-0.1, -0.05) is 0 Å². The number of carbonyl (C=O) groups excluding carboxylic acids is 1. The quantitative estimate of drug-likeness (QED) is 0.784. The van der Waals surface area contributed by atoms with Gasteiger partial charge >= 0.3 is 0 Å². The highest BCUT2D eigenvalue weighted by atomic mass is 32.2. The maximum absolute atomic E-state index is 12.4. The average molecular weight is 311 g/mol. The van der Waals surface area contributed by atoms with Gasteiger partial charge in [-0.15, -0.1) is 0 Å². The van der Waals surface area contributed by atoms with E-state index in [0.29, 0.717) is 6.54 Å². The second-order valence-corrected chi connectivity index (χ2v) is 6.16. The summed E-state index contributed by atoms with van der Waals surface area (Å²) in [4.78, 5) is 14.7. The first-order valence-corrected chi connectivity index (χ1v) is 8.90. The molecule has 1 N–H and O–H groups in total. The Bertz CT molecular complexity index is 405. The van der Waals surface area contributed by atoms with Crippen LogP contribution < -0.4 is 5.32 Å². The second kappa shape index (κ2) is 9.12. The number of hydrogen-bond donors (Lipinski definition) is 1. The van der Waals surface area contributed by atoms with Crippen LogP contribution >= 0.6 is 11.8 Å². The summed E-state index contributed by atoms with van der Waals surface area (Å²) in [6.07, 6.45) is 6.86. The lowest BCUT2D eigenvalue weighted by Crippen LogP contribution is -2.42. The van der Waals surface area contributed by atoms with E-state index in [1.54, 1.807) is 11.8 Å². The minimum atomic E-state index is -0.0999. The van der Waals surface area contributed by atoms with Crippen LogP contribution in [0.5, 0.6) is 0 Å². The number of nitrogens with one attached hydrogen (secondary N) is 1. The van der Waals surface area contributed by atoms with Gasteiger partial charge in [-0.25, -0.2) is 0 Å². The molecule has 0 aromatic carbocycles. The molecule has 2 heterocycles. The molecule has 1 aromatic heterocycles. The smallest absolute Gasteiger partial charge is 0.243 e. The summed E-state index contributed by atoms with van der Waals surface area (Å²) < 4.78 is 7.32. The van der Waals surface area contributed by atoms with Crippen molar-refractivity contribution in [1.29, 1.82) is 0 Å². The molecule has 1 atom stereocenters. The molecule has 1 aliphatic rings. The van der Waals surface area contributed by atoms with E-state index in [1.807, 2.05) is 29.1 Å². The van der Waals surface area contributed by atoms with Crippen molar-refractivity contribution < 1.29 is 9.53 Å². The number of morpholine rings is 1. The fraction of sp³-hybridized carbons (Fsp3) is 0.667. The molecule has 6 heteroatoms. The Morgan fingerprint density at radius 2 is 2.05 bits per heavy atom. The molecule has 118 valence electrons. The van der Waals surface area contributed by atoms with Gasteiger partial charge < -0.3 is 14.6 Å². The van der Waals surface area contributed by atoms with Crippen molar-refractivity contribution in [2.45, 2.75) is 12.5 Å². The van der Waals surface area contributed by atoms with Crippen LogP contribution in [-0.2, 0) is 9.53 Å². The predicted octanol–water partition coefficient (Wildman–Crippen LogP) is 1.23. The van der Waals surface area contributed by atoms with Gasteiger partial charge in [0, 0.05) is 38.6 Å². The van der Waals surface area contributed by atoms with Crippen LogP contribution in [0.1, 0.15) is 12.5 Å². The molecule has 21 heavy (non-hydrogen) atoms. The minimum absolute atomic E-state index is 0.0999. The van der Waals surface area contributed by atoms with Gasteiger partial charge in [0.1, 0.15) is 6.04 Å². The van der Waals surface area contributed by atoms with Gasteiger partial charge in [-0.2, -0.15) is 11.8 Å². The number of carbonyl (C=O) groups is 1. The number of nitrogens with zero attached hydrogens (tertiary/aromatic N) is 2. The maximum atomic E-state index is 12.4. The zero-order valence-corrected chi connectivity index (χ0v) is 13.5. The summed E-state index contributed by atoms with van der Waals surface area (Å²) in [5.74, 6) is 1.10. The molecule has 0 spiro atoms. The summed E-state index contributed by atoms with van der Waals surface area (Å²) in [7, 11) is 0. The zero-order chi connectivity index (χ0) is 14.9. The number of ether oxygens (including phenoxy) is 1. The van der Waals surface area contributed by atoms with Gasteiger partial charge in [-0.3, -0.25) is 9.69 Å². The van der Waals surface area contributed by atoms with Crippen molar-refractivity contribution >= 4 is 17.7 Å². The molecule has 1 saturated heterocycles. The zero-order valence-electron chi connectivity index (χ0n) is 12.7. The third-order valence-electron chi connectivity index (χ3n) is 3.72. The molecule has 1 aromatic rings. The van der Waals surface area contributed by atoms with Crippen molar-refractivity contribution in [1.82, 2.24) is 14.8 Å². The second-order valence-electron chi connectivity index (χ2n) is 5.17. The SMILES string of the molecule is CSCC[C@H](C(=O)NCCN1CCOCC1)n1cccc1. The topological polar surface area (TPSA) is 46.5 Å². The summed E-state index contributed by atoms with van der Waals surface area (Å²) in [6, 6.07) is 3.83. The van der Waals surface area contributed by atoms with Crippen LogP contribution in [0, 0.1) is 0 Å². The van der Waals surface area contributed by atoms with Crippen molar-refractivity contribution in [3.8, 4) is 0 Å². The van der Waals surface area contributed by atoms with Crippen molar-refractivity contribution in [2.24, 2.45) is 0 Å². The van der Waals surface area contributed by atoms with Crippen LogP contribution in [0.2, 0.25) is 0 Å². The lowest BCUT2D eigenvalue weighted by Gasteiger charge is -2.27. The van der Waals surface area contributed by atoms with Gasteiger partial charge in [-0.05, 0) is 30.6 Å². The third-order valence-corrected chi connectivity index (χ3v) is 4.36. The average Bonchev–Trinajstić information content (AvgIpc) is 3.03. The van der Waals surface area contributed by atoms with Crippen LogP contribution in [-0.4, -0.2) is 66.8 Å². The summed E-state index contributed by atoms with van der Waals surface area (Å²) in [6.45, 7) is 5.12. The Balaban J connectivity index is 1.77. The van der Waals surface area contributed by atoms with Crippen molar-refractivity contribution in [3.05, 3.63) is 24.5 Å². The van der Waals surface area contributed by atoms with Gasteiger partial charge in [0.05, 0.1) is 13.2 Å². The molecule has 0 saturated carbocycles. The lowest BCUT2D eigenvalue weighted by molar-refractivity contribution is -0.124. The Morgan fingerprint density at radius 3 is 2.71 bits per heavy atom. The van der Waals surface area contributed by atoms with E-state index in [9.17, 15) is 4.79 Å². The van der Waals surface area contributed by atoms with Crippen molar-refractivity contribution in [3.63, 3.8) is 0 Å². The standard InChI is InChI=1S/C15H25N3O2S/c1-21-13-4-14(18-6-2-3-7-18)15(19)16-5-8-17-9-11-20-12-10-17/h2-3,6-7,14H,4-5,8-13H2,1H3,(H,16,19)/t14-/m1/s1. The Hall–Kier alpha value is -0.980. The largest absolute Gasteiger partial charge is 0.379 e. The van der Waals surface area contributed by atoms with Crippen molar-refractivity contribution in [2.75, 3.05) is 51.4 Å². The van der Waals surface area contributed by atoms with Gasteiger partial charge in [0.2, 0.25) is 5.91 Å². The first-order valence-electron chi connectivity index (χ1n) is 7.50. The first kappa shape index (κ1) is 16.4.